The smallest absolute Gasteiger partial charge is 0.229 e. The summed E-state index contributed by atoms with van der Waals surface area (Å²) in [6, 6.07) is 4.74. The predicted molar refractivity (Wildman–Crippen MR) is 99.5 cm³/mol. The van der Waals surface area contributed by atoms with Crippen LogP contribution in [0.1, 0.15) is 45.2 Å². The fourth-order valence-electron chi connectivity index (χ4n) is 2.91. The Balaban J connectivity index is 2.33. The molecule has 1 aromatic rings. The highest BCUT2D eigenvalue weighted by Crippen LogP contribution is 2.40. The number of hydrogen-bond acceptors (Lipinski definition) is 3. The average Bonchev–Trinajstić information content (AvgIpc) is 2.75. The van der Waals surface area contributed by atoms with E-state index in [1.54, 1.807) is 17.9 Å². The molecule has 6 heteroatoms. The molecule has 4 nitrogen and oxygen atoms in total. The zero-order valence-electron chi connectivity index (χ0n) is 16.1. The summed E-state index contributed by atoms with van der Waals surface area (Å²) < 4.78 is 20.8. The minimum Gasteiger partial charge on any atom is -0.411 e. The lowest BCUT2D eigenvalue weighted by Gasteiger charge is -2.39. The number of carbonyl (C=O) groups is 1. The molecule has 0 radical (unpaired) electrons. The first-order chi connectivity index (χ1) is 11.4. The molecule has 0 aromatic heterocycles. The van der Waals surface area contributed by atoms with Crippen LogP contribution in [0.5, 0.6) is 0 Å². The maximum atomic E-state index is 14.3. The number of nitriles is 1. The molecule has 25 heavy (non-hydrogen) atoms. The lowest BCUT2D eigenvalue weighted by Crippen LogP contribution is -2.47. The molecule has 136 valence electrons. The number of halogens is 1. The van der Waals surface area contributed by atoms with Crippen LogP contribution in [0.2, 0.25) is 18.1 Å². The van der Waals surface area contributed by atoms with Gasteiger partial charge in [0, 0.05) is 11.3 Å². The van der Waals surface area contributed by atoms with Gasteiger partial charge in [0.05, 0.1) is 24.1 Å². The number of amides is 1. The van der Waals surface area contributed by atoms with Gasteiger partial charge in [-0.2, -0.15) is 5.26 Å². The summed E-state index contributed by atoms with van der Waals surface area (Å²) in [4.78, 5) is 14.2. The first kappa shape index (κ1) is 19.6. The Labute approximate surface area is 150 Å². The van der Waals surface area contributed by atoms with Gasteiger partial charge in [-0.25, -0.2) is 4.39 Å². The molecular formula is C19H27FN2O2Si. The molecule has 0 aliphatic carbocycles. The lowest BCUT2D eigenvalue weighted by molar-refractivity contribution is -0.117. The number of rotatable bonds is 3. The van der Waals surface area contributed by atoms with E-state index < -0.39 is 14.1 Å². The van der Waals surface area contributed by atoms with E-state index in [4.69, 9.17) is 9.69 Å². The molecular weight excluding hydrogens is 335 g/mol. The lowest BCUT2D eigenvalue weighted by atomic mass is 10.1. The van der Waals surface area contributed by atoms with Gasteiger partial charge >= 0.3 is 0 Å². The molecule has 2 atom stereocenters. The maximum Gasteiger partial charge on any atom is 0.229 e. The Morgan fingerprint density at radius 2 is 1.96 bits per heavy atom. The third-order valence-electron chi connectivity index (χ3n) is 5.58. The number of anilines is 1. The van der Waals surface area contributed by atoms with Crippen LogP contribution in [0.3, 0.4) is 0 Å². The fraction of sp³-hybridized carbons (Fsp3) is 0.579. The van der Waals surface area contributed by atoms with Crippen LogP contribution in [0.15, 0.2) is 12.1 Å². The monoisotopic (exact) mass is 362 g/mol. The standard InChI is InChI=1S/C19H27FN2O2Si/c1-12-15(9-8-14(11-21)18(12)20)22-13(2)16(10-17(22)23)24-25(6,7)19(3,4)5/h8-9,13,16H,10H2,1-7H3/t13-,16-/m0/s1. The summed E-state index contributed by atoms with van der Waals surface area (Å²) in [6.07, 6.45) is 0.0980. The molecule has 1 fully saturated rings. The third-order valence-corrected chi connectivity index (χ3v) is 10.1. The van der Waals surface area contributed by atoms with Gasteiger partial charge in [0.1, 0.15) is 11.9 Å². The molecule has 0 N–H and O–H groups in total. The summed E-state index contributed by atoms with van der Waals surface area (Å²) in [7, 11) is -2.01. The second-order valence-corrected chi connectivity index (χ2v) is 13.1. The Morgan fingerprint density at radius 1 is 1.36 bits per heavy atom. The van der Waals surface area contributed by atoms with Crippen molar-refractivity contribution in [3.05, 3.63) is 29.1 Å². The van der Waals surface area contributed by atoms with Gasteiger partial charge in [0.25, 0.3) is 0 Å². The second-order valence-electron chi connectivity index (χ2n) is 8.31. The molecule has 1 aliphatic rings. The van der Waals surface area contributed by atoms with Gasteiger partial charge in [0.2, 0.25) is 5.91 Å². The minimum atomic E-state index is -2.01. The first-order valence-corrected chi connectivity index (χ1v) is 11.5. The molecule has 1 aromatic carbocycles. The number of benzene rings is 1. The highest BCUT2D eigenvalue weighted by atomic mass is 28.4. The molecule has 0 saturated carbocycles. The van der Waals surface area contributed by atoms with Gasteiger partial charge < -0.3 is 9.33 Å². The molecule has 0 bridgehead atoms. The molecule has 1 heterocycles. The number of nitrogens with zero attached hydrogens (tertiary/aromatic N) is 2. The zero-order valence-corrected chi connectivity index (χ0v) is 17.1. The van der Waals surface area contributed by atoms with E-state index in [1.165, 1.54) is 6.07 Å². The first-order valence-electron chi connectivity index (χ1n) is 8.60. The van der Waals surface area contributed by atoms with E-state index in [1.807, 2.05) is 13.0 Å². The van der Waals surface area contributed by atoms with Crippen molar-refractivity contribution in [1.29, 1.82) is 5.26 Å². The van der Waals surface area contributed by atoms with Crippen molar-refractivity contribution >= 4 is 19.9 Å². The third kappa shape index (κ3) is 3.49. The van der Waals surface area contributed by atoms with Gasteiger partial charge in [0.15, 0.2) is 8.32 Å². The van der Waals surface area contributed by atoms with Gasteiger partial charge in [-0.3, -0.25) is 4.79 Å². The SMILES string of the molecule is Cc1c(N2C(=O)C[C@H](O[Si](C)(C)C(C)(C)C)[C@@H]2C)ccc(C#N)c1F. The van der Waals surface area contributed by atoms with Gasteiger partial charge in [-0.1, -0.05) is 20.8 Å². The van der Waals surface area contributed by atoms with E-state index in [9.17, 15) is 9.18 Å². The van der Waals surface area contributed by atoms with Crippen LogP contribution in [-0.4, -0.2) is 26.4 Å². The Bertz CT molecular complexity index is 734. The summed E-state index contributed by atoms with van der Waals surface area (Å²) in [5, 5.41) is 9.02. The highest BCUT2D eigenvalue weighted by molar-refractivity contribution is 6.74. The topological polar surface area (TPSA) is 53.3 Å². The summed E-state index contributed by atoms with van der Waals surface area (Å²) in [5.74, 6) is -0.628. The summed E-state index contributed by atoms with van der Waals surface area (Å²) in [5.41, 5.74) is 0.845. The Morgan fingerprint density at radius 3 is 2.48 bits per heavy atom. The van der Waals surface area contributed by atoms with Crippen molar-refractivity contribution in [3.8, 4) is 6.07 Å². The Hall–Kier alpha value is -1.71. The Kier molecular flexibility index (Phi) is 5.13. The maximum absolute atomic E-state index is 14.3. The minimum absolute atomic E-state index is 0.00498. The molecule has 0 unspecified atom stereocenters. The van der Waals surface area contributed by atoms with E-state index in [0.29, 0.717) is 17.7 Å². The van der Waals surface area contributed by atoms with E-state index in [0.717, 1.165) is 0 Å². The predicted octanol–water partition coefficient (Wildman–Crippen LogP) is 4.52. The molecule has 1 amide bonds. The van der Waals surface area contributed by atoms with Crippen molar-refractivity contribution in [2.45, 2.75) is 71.3 Å². The van der Waals surface area contributed by atoms with Crippen molar-refractivity contribution in [3.63, 3.8) is 0 Å². The van der Waals surface area contributed by atoms with Crippen molar-refractivity contribution in [2.75, 3.05) is 4.90 Å². The van der Waals surface area contributed by atoms with Crippen molar-refractivity contribution in [1.82, 2.24) is 0 Å². The number of carbonyl (C=O) groups excluding carboxylic acids is 1. The summed E-state index contributed by atoms with van der Waals surface area (Å²) in [6.45, 7) is 14.4. The van der Waals surface area contributed by atoms with Crippen LogP contribution in [-0.2, 0) is 9.22 Å². The van der Waals surface area contributed by atoms with Crippen LogP contribution < -0.4 is 4.90 Å². The second kappa shape index (κ2) is 6.54. The largest absolute Gasteiger partial charge is 0.411 e. The number of hydrogen-bond donors (Lipinski definition) is 0. The van der Waals surface area contributed by atoms with Crippen LogP contribution in [0.4, 0.5) is 10.1 Å². The molecule has 0 spiro atoms. The molecule has 1 saturated heterocycles. The van der Waals surface area contributed by atoms with Crippen LogP contribution in [0.25, 0.3) is 0 Å². The van der Waals surface area contributed by atoms with Crippen molar-refractivity contribution in [2.24, 2.45) is 0 Å². The van der Waals surface area contributed by atoms with Gasteiger partial charge in [-0.15, -0.1) is 0 Å². The van der Waals surface area contributed by atoms with E-state index in [-0.39, 0.29) is 28.7 Å². The zero-order chi connectivity index (χ0) is 19.2. The molecule has 1 aliphatic heterocycles. The normalized spacial score (nSPS) is 21.6. The van der Waals surface area contributed by atoms with E-state index >= 15 is 0 Å². The summed E-state index contributed by atoms with van der Waals surface area (Å²) >= 11 is 0. The van der Waals surface area contributed by atoms with Gasteiger partial charge in [-0.05, 0) is 44.1 Å². The quantitative estimate of drug-likeness (QED) is 0.743. The fourth-order valence-corrected chi connectivity index (χ4v) is 4.30. The van der Waals surface area contributed by atoms with Crippen LogP contribution in [0, 0.1) is 24.1 Å². The van der Waals surface area contributed by atoms with Crippen molar-refractivity contribution < 1.29 is 13.6 Å². The highest BCUT2D eigenvalue weighted by Gasteiger charge is 2.45. The van der Waals surface area contributed by atoms with E-state index in [2.05, 4.69) is 33.9 Å². The molecule has 2 rings (SSSR count). The average molecular weight is 363 g/mol. The van der Waals surface area contributed by atoms with Crippen LogP contribution >= 0.6 is 0 Å².